The third-order valence-electron chi connectivity index (χ3n) is 1.82. The molecule has 2 aromatic rings. The Balaban J connectivity index is 2.64. The molecule has 78 valence electrons. The van der Waals surface area contributed by atoms with Gasteiger partial charge in [0.25, 0.3) is 0 Å². The molecule has 0 aromatic carbocycles. The van der Waals surface area contributed by atoms with Gasteiger partial charge in [-0.1, -0.05) is 23.2 Å². The van der Waals surface area contributed by atoms with E-state index in [1.807, 2.05) is 0 Å². The van der Waals surface area contributed by atoms with Crippen molar-refractivity contribution in [3.63, 3.8) is 0 Å². The first-order valence-corrected chi connectivity index (χ1v) is 4.66. The van der Waals surface area contributed by atoms with Crippen molar-refractivity contribution in [3.05, 3.63) is 28.4 Å². The fourth-order valence-corrected chi connectivity index (χ4v) is 1.55. The topological polar surface area (TPSA) is 67.6 Å². The molecule has 2 aromatic heterocycles. The number of hydrogen-bond donors (Lipinski definition) is 2. The molecule has 0 fully saturated rings. The van der Waals surface area contributed by atoms with Crippen LogP contribution in [0.1, 0.15) is 0 Å². The van der Waals surface area contributed by atoms with Gasteiger partial charge in [-0.2, -0.15) is 5.10 Å². The molecule has 2 heterocycles. The third-order valence-corrected chi connectivity index (χ3v) is 2.38. The van der Waals surface area contributed by atoms with E-state index >= 15 is 0 Å². The second kappa shape index (κ2) is 3.67. The average molecular weight is 247 g/mol. The summed E-state index contributed by atoms with van der Waals surface area (Å²) in [5, 5.41) is 6.09. The highest BCUT2D eigenvalue weighted by molar-refractivity contribution is 6.34. The van der Waals surface area contributed by atoms with Crippen LogP contribution in [-0.2, 0) is 0 Å². The summed E-state index contributed by atoms with van der Waals surface area (Å²) in [5.74, 6) is -0.662. The minimum atomic E-state index is -0.662. The van der Waals surface area contributed by atoms with E-state index in [4.69, 9.17) is 28.9 Å². The van der Waals surface area contributed by atoms with Gasteiger partial charge in [-0.3, -0.25) is 5.10 Å². The van der Waals surface area contributed by atoms with Crippen molar-refractivity contribution >= 4 is 28.9 Å². The van der Waals surface area contributed by atoms with Crippen LogP contribution in [0.3, 0.4) is 0 Å². The molecule has 0 spiro atoms. The number of anilines is 1. The van der Waals surface area contributed by atoms with Crippen molar-refractivity contribution in [1.82, 2.24) is 15.2 Å². The molecule has 0 atom stereocenters. The molecule has 2 rings (SSSR count). The van der Waals surface area contributed by atoms with Crippen LogP contribution in [0.4, 0.5) is 10.1 Å². The predicted octanol–water partition coefficient (Wildman–Crippen LogP) is 2.50. The molecule has 0 bridgehead atoms. The molecule has 0 unspecified atom stereocenters. The Morgan fingerprint density at radius 2 is 2.07 bits per heavy atom. The molecule has 0 radical (unpaired) electrons. The summed E-state index contributed by atoms with van der Waals surface area (Å²) >= 11 is 11.3. The quantitative estimate of drug-likeness (QED) is 0.760. The molecule has 3 N–H and O–H groups in total. The lowest BCUT2D eigenvalue weighted by atomic mass is 10.2. The van der Waals surface area contributed by atoms with Crippen LogP contribution in [0.15, 0.2) is 12.3 Å². The third kappa shape index (κ3) is 1.75. The number of nitrogens with one attached hydrogen (secondary N) is 1. The van der Waals surface area contributed by atoms with E-state index < -0.39 is 5.82 Å². The van der Waals surface area contributed by atoms with Crippen molar-refractivity contribution in [2.75, 3.05) is 5.73 Å². The lowest BCUT2D eigenvalue weighted by Crippen LogP contribution is -1.92. The summed E-state index contributed by atoms with van der Waals surface area (Å²) in [4.78, 5) is 3.62. The number of nitrogens with zero attached hydrogens (tertiary/aromatic N) is 2. The minimum Gasteiger partial charge on any atom is -0.396 e. The molecule has 0 amide bonds. The van der Waals surface area contributed by atoms with Gasteiger partial charge in [-0.15, -0.1) is 0 Å². The summed E-state index contributed by atoms with van der Waals surface area (Å²) in [6.07, 6.45) is 1.40. The van der Waals surface area contributed by atoms with Gasteiger partial charge >= 0.3 is 0 Å². The van der Waals surface area contributed by atoms with E-state index in [0.29, 0.717) is 16.9 Å². The van der Waals surface area contributed by atoms with E-state index in [1.54, 1.807) is 0 Å². The molecule has 0 aliphatic carbocycles. The van der Waals surface area contributed by atoms with Crippen molar-refractivity contribution in [2.45, 2.75) is 0 Å². The van der Waals surface area contributed by atoms with E-state index in [1.165, 1.54) is 6.20 Å². The van der Waals surface area contributed by atoms with Gasteiger partial charge in [0.15, 0.2) is 11.0 Å². The maximum Gasteiger partial charge on any atom is 0.166 e. The maximum atomic E-state index is 13.2. The van der Waals surface area contributed by atoms with E-state index in [-0.39, 0.29) is 10.3 Å². The number of aromatic nitrogens is 3. The Morgan fingerprint density at radius 1 is 1.33 bits per heavy atom. The van der Waals surface area contributed by atoms with E-state index in [0.717, 1.165) is 6.07 Å². The highest BCUT2D eigenvalue weighted by Crippen LogP contribution is 2.31. The van der Waals surface area contributed by atoms with Crippen LogP contribution in [0.2, 0.25) is 10.3 Å². The highest BCUT2D eigenvalue weighted by Gasteiger charge is 2.13. The lowest BCUT2D eigenvalue weighted by Gasteiger charge is -2.03. The Labute approximate surface area is 94.2 Å². The van der Waals surface area contributed by atoms with Crippen molar-refractivity contribution in [1.29, 1.82) is 0 Å². The number of nitrogens with two attached hydrogens (primary N) is 1. The molecular formula is C8H5Cl2FN4. The molecule has 0 saturated heterocycles. The summed E-state index contributed by atoms with van der Waals surface area (Å²) in [7, 11) is 0. The van der Waals surface area contributed by atoms with Crippen LogP contribution >= 0.6 is 23.2 Å². The summed E-state index contributed by atoms with van der Waals surface area (Å²) < 4.78 is 13.2. The highest BCUT2D eigenvalue weighted by atomic mass is 35.5. The van der Waals surface area contributed by atoms with Crippen molar-refractivity contribution < 1.29 is 4.39 Å². The van der Waals surface area contributed by atoms with Gasteiger partial charge in [0, 0.05) is 5.56 Å². The SMILES string of the molecule is Nc1cn[nH]c1-c1cc(F)c(Cl)nc1Cl. The Morgan fingerprint density at radius 3 is 2.67 bits per heavy atom. The number of halogens is 3. The molecular weight excluding hydrogens is 242 g/mol. The van der Waals surface area contributed by atoms with Crippen LogP contribution in [0.25, 0.3) is 11.3 Å². The van der Waals surface area contributed by atoms with Gasteiger partial charge in [-0.25, -0.2) is 9.37 Å². The zero-order valence-corrected chi connectivity index (χ0v) is 8.77. The molecule has 15 heavy (non-hydrogen) atoms. The number of aromatic amines is 1. The van der Waals surface area contributed by atoms with Crippen LogP contribution in [-0.4, -0.2) is 15.2 Å². The molecule has 0 saturated carbocycles. The van der Waals surface area contributed by atoms with Crippen LogP contribution in [0, 0.1) is 5.82 Å². The Kier molecular flexibility index (Phi) is 2.50. The van der Waals surface area contributed by atoms with Crippen molar-refractivity contribution in [3.8, 4) is 11.3 Å². The van der Waals surface area contributed by atoms with E-state index in [2.05, 4.69) is 15.2 Å². The van der Waals surface area contributed by atoms with Gasteiger partial charge in [0.2, 0.25) is 0 Å². The fourth-order valence-electron chi connectivity index (χ4n) is 1.13. The largest absolute Gasteiger partial charge is 0.396 e. The zero-order valence-electron chi connectivity index (χ0n) is 7.26. The number of rotatable bonds is 1. The Hall–Kier alpha value is -1.33. The lowest BCUT2D eigenvalue weighted by molar-refractivity contribution is 0.622. The van der Waals surface area contributed by atoms with Crippen molar-refractivity contribution in [2.24, 2.45) is 0 Å². The number of H-pyrrole nitrogens is 1. The normalized spacial score (nSPS) is 10.6. The fraction of sp³-hybridized carbons (Fsp3) is 0. The monoisotopic (exact) mass is 246 g/mol. The van der Waals surface area contributed by atoms with E-state index in [9.17, 15) is 4.39 Å². The standard InChI is InChI=1S/C8H5Cl2FN4/c9-7-3(1-4(11)8(10)14-7)6-5(12)2-13-15-6/h1-2H,12H2,(H,13,15). The first-order chi connectivity index (χ1) is 7.09. The van der Waals surface area contributed by atoms with Crippen LogP contribution in [0.5, 0.6) is 0 Å². The van der Waals surface area contributed by atoms with Gasteiger partial charge < -0.3 is 5.73 Å². The second-order valence-electron chi connectivity index (χ2n) is 2.80. The molecule has 7 heteroatoms. The second-order valence-corrected chi connectivity index (χ2v) is 3.52. The molecule has 0 aliphatic rings. The summed E-state index contributed by atoms with van der Waals surface area (Å²) in [5.41, 5.74) is 6.70. The average Bonchev–Trinajstić information content (AvgIpc) is 2.58. The Bertz CT molecular complexity index is 511. The van der Waals surface area contributed by atoms with Crippen LogP contribution < -0.4 is 5.73 Å². The maximum absolute atomic E-state index is 13.2. The number of pyridine rings is 1. The predicted molar refractivity (Wildman–Crippen MR) is 56.2 cm³/mol. The first-order valence-electron chi connectivity index (χ1n) is 3.90. The number of nitrogen functional groups attached to an aromatic ring is 1. The van der Waals surface area contributed by atoms with Gasteiger partial charge in [0.1, 0.15) is 5.15 Å². The first kappa shape index (κ1) is 10.2. The number of hydrogen-bond acceptors (Lipinski definition) is 3. The smallest absolute Gasteiger partial charge is 0.166 e. The zero-order chi connectivity index (χ0) is 11.0. The summed E-state index contributed by atoms with van der Waals surface area (Å²) in [6.45, 7) is 0. The van der Waals surface area contributed by atoms with Gasteiger partial charge in [0.05, 0.1) is 17.6 Å². The van der Waals surface area contributed by atoms with Gasteiger partial charge in [-0.05, 0) is 6.07 Å². The molecule has 4 nitrogen and oxygen atoms in total. The minimum absolute atomic E-state index is 0.0670. The summed E-state index contributed by atoms with van der Waals surface area (Å²) in [6, 6.07) is 1.15. The molecule has 0 aliphatic heterocycles.